The summed E-state index contributed by atoms with van der Waals surface area (Å²) in [5, 5.41) is 9.75. The molecule has 0 amide bonds. The van der Waals surface area contributed by atoms with Gasteiger partial charge in [-0.15, -0.1) is 0 Å². The molecule has 1 aromatic heterocycles. The van der Waals surface area contributed by atoms with E-state index in [0.29, 0.717) is 17.5 Å². The minimum atomic E-state index is 0.635. The molecule has 0 unspecified atom stereocenters. The Morgan fingerprint density at radius 3 is 0.942 bits per heavy atom. The summed E-state index contributed by atoms with van der Waals surface area (Å²) < 4.78 is 0. The summed E-state index contributed by atoms with van der Waals surface area (Å²) >= 11 is 0. The maximum absolute atomic E-state index is 5.20. The second-order valence-electron chi connectivity index (χ2n) is 13.2. The molecule has 3 heteroatoms. The van der Waals surface area contributed by atoms with Gasteiger partial charge in [0.05, 0.1) is 0 Å². The van der Waals surface area contributed by atoms with Crippen LogP contribution >= 0.6 is 0 Å². The van der Waals surface area contributed by atoms with E-state index in [1.807, 2.05) is 18.2 Å². The van der Waals surface area contributed by atoms with Gasteiger partial charge in [-0.3, -0.25) is 0 Å². The summed E-state index contributed by atoms with van der Waals surface area (Å²) in [6.07, 6.45) is 0. The van der Waals surface area contributed by atoms with Crippen molar-refractivity contribution in [3.05, 3.63) is 188 Å². The third kappa shape index (κ3) is 5.19. The SMILES string of the molecule is c1ccc(-c2nc(-c3cccc(-c4c5ccccc5cc5ccccc45)c3)nc(-c3cccc(-c4c5ccccc5cc5ccccc45)c3)n2)cc1. The number of fused-ring (bicyclic) bond motifs is 4. The molecular formula is C49H31N3. The highest BCUT2D eigenvalue weighted by atomic mass is 15.0. The van der Waals surface area contributed by atoms with Crippen LogP contribution in [0.2, 0.25) is 0 Å². The molecule has 9 aromatic carbocycles. The van der Waals surface area contributed by atoms with Crippen LogP contribution in [0.15, 0.2) is 188 Å². The molecule has 0 fully saturated rings. The van der Waals surface area contributed by atoms with Crippen molar-refractivity contribution in [2.45, 2.75) is 0 Å². The number of rotatable bonds is 5. The molecule has 0 radical (unpaired) electrons. The van der Waals surface area contributed by atoms with Crippen molar-refractivity contribution in [1.29, 1.82) is 0 Å². The van der Waals surface area contributed by atoms with Crippen LogP contribution in [-0.2, 0) is 0 Å². The quantitative estimate of drug-likeness (QED) is 0.172. The molecule has 0 spiro atoms. The van der Waals surface area contributed by atoms with Gasteiger partial charge in [0.1, 0.15) is 0 Å². The van der Waals surface area contributed by atoms with Gasteiger partial charge < -0.3 is 0 Å². The fourth-order valence-corrected chi connectivity index (χ4v) is 7.63. The van der Waals surface area contributed by atoms with Crippen molar-refractivity contribution in [2.75, 3.05) is 0 Å². The van der Waals surface area contributed by atoms with Crippen LogP contribution in [0.1, 0.15) is 0 Å². The zero-order chi connectivity index (χ0) is 34.4. The van der Waals surface area contributed by atoms with E-state index in [4.69, 9.17) is 15.0 Å². The molecular weight excluding hydrogens is 631 g/mol. The van der Waals surface area contributed by atoms with Crippen molar-refractivity contribution in [3.63, 3.8) is 0 Å². The fourth-order valence-electron chi connectivity index (χ4n) is 7.63. The number of hydrogen-bond acceptors (Lipinski definition) is 3. The van der Waals surface area contributed by atoms with Crippen LogP contribution in [-0.4, -0.2) is 15.0 Å². The molecule has 10 aromatic rings. The standard InChI is InChI=1S/C49H31N3/c1-2-14-32(15-3-1)47-50-48(39-22-12-20-37(30-39)45-41-24-8-4-16-33(41)28-34-17-5-9-25-42(34)45)52-49(51-47)40-23-13-21-38(31-40)46-43-26-10-6-18-35(43)29-36-19-7-11-27-44(36)46/h1-31H. The third-order valence-electron chi connectivity index (χ3n) is 10.0. The van der Waals surface area contributed by atoms with E-state index in [9.17, 15) is 0 Å². The zero-order valence-electron chi connectivity index (χ0n) is 28.2. The molecule has 3 nitrogen and oxygen atoms in total. The van der Waals surface area contributed by atoms with Crippen molar-refractivity contribution in [1.82, 2.24) is 15.0 Å². The first-order valence-corrected chi connectivity index (χ1v) is 17.6. The van der Waals surface area contributed by atoms with Gasteiger partial charge in [0.2, 0.25) is 0 Å². The minimum absolute atomic E-state index is 0.635. The van der Waals surface area contributed by atoms with E-state index in [-0.39, 0.29) is 0 Å². The van der Waals surface area contributed by atoms with Gasteiger partial charge >= 0.3 is 0 Å². The number of nitrogens with zero attached hydrogens (tertiary/aromatic N) is 3. The van der Waals surface area contributed by atoms with Gasteiger partial charge in [-0.1, -0.05) is 164 Å². The highest BCUT2D eigenvalue weighted by Crippen LogP contribution is 2.40. The minimum Gasteiger partial charge on any atom is -0.208 e. The Balaban J connectivity index is 1.17. The zero-order valence-corrected chi connectivity index (χ0v) is 28.2. The van der Waals surface area contributed by atoms with Gasteiger partial charge in [0.25, 0.3) is 0 Å². The van der Waals surface area contributed by atoms with Gasteiger partial charge in [-0.25, -0.2) is 15.0 Å². The lowest BCUT2D eigenvalue weighted by Crippen LogP contribution is -2.00. The van der Waals surface area contributed by atoms with Crippen LogP contribution in [0.4, 0.5) is 0 Å². The monoisotopic (exact) mass is 661 g/mol. The predicted octanol–water partition coefficient (Wildman–Crippen LogP) is 12.8. The van der Waals surface area contributed by atoms with Crippen LogP contribution in [0.25, 0.3) is 99.5 Å². The molecule has 52 heavy (non-hydrogen) atoms. The lowest BCUT2D eigenvalue weighted by molar-refractivity contribution is 1.07. The highest BCUT2D eigenvalue weighted by molar-refractivity contribution is 6.14. The van der Waals surface area contributed by atoms with Gasteiger partial charge in [0, 0.05) is 16.7 Å². The first-order chi connectivity index (χ1) is 25.8. The fraction of sp³-hybridized carbons (Fsp3) is 0. The summed E-state index contributed by atoms with van der Waals surface area (Å²) in [4.78, 5) is 15.4. The smallest absolute Gasteiger partial charge is 0.164 e. The van der Waals surface area contributed by atoms with Gasteiger partial charge in [-0.05, 0) is 89.6 Å². The van der Waals surface area contributed by atoms with Crippen molar-refractivity contribution in [2.24, 2.45) is 0 Å². The predicted molar refractivity (Wildman–Crippen MR) is 217 cm³/mol. The number of hydrogen-bond donors (Lipinski definition) is 0. The average molecular weight is 662 g/mol. The molecule has 0 saturated carbocycles. The molecule has 10 rings (SSSR count). The topological polar surface area (TPSA) is 38.7 Å². The van der Waals surface area contributed by atoms with Crippen molar-refractivity contribution < 1.29 is 0 Å². The second-order valence-corrected chi connectivity index (χ2v) is 13.2. The molecule has 0 saturated heterocycles. The number of aromatic nitrogens is 3. The largest absolute Gasteiger partial charge is 0.208 e. The maximum Gasteiger partial charge on any atom is 0.164 e. The molecule has 0 atom stereocenters. The van der Waals surface area contributed by atoms with E-state index in [0.717, 1.165) is 27.8 Å². The van der Waals surface area contributed by atoms with Crippen molar-refractivity contribution >= 4 is 43.1 Å². The van der Waals surface area contributed by atoms with Crippen LogP contribution in [0, 0.1) is 0 Å². The van der Waals surface area contributed by atoms with Crippen LogP contribution in [0.5, 0.6) is 0 Å². The molecule has 0 N–H and O–H groups in total. The van der Waals surface area contributed by atoms with Crippen molar-refractivity contribution in [3.8, 4) is 56.4 Å². The number of benzene rings is 9. The average Bonchev–Trinajstić information content (AvgIpc) is 3.22. The van der Waals surface area contributed by atoms with E-state index < -0.39 is 0 Å². The first kappa shape index (κ1) is 29.9. The molecule has 1 heterocycles. The van der Waals surface area contributed by atoms with Gasteiger partial charge in [-0.2, -0.15) is 0 Å². The Morgan fingerprint density at radius 2 is 0.538 bits per heavy atom. The Hall–Kier alpha value is -6.97. The third-order valence-corrected chi connectivity index (χ3v) is 10.0. The Bertz CT molecular complexity index is 2680. The first-order valence-electron chi connectivity index (χ1n) is 17.6. The maximum atomic E-state index is 5.20. The molecule has 0 aliphatic carbocycles. The van der Waals surface area contributed by atoms with E-state index in [2.05, 4.69) is 170 Å². The summed E-state index contributed by atoms with van der Waals surface area (Å²) in [6.45, 7) is 0. The summed E-state index contributed by atoms with van der Waals surface area (Å²) in [6, 6.07) is 66.5. The molecule has 242 valence electrons. The summed E-state index contributed by atoms with van der Waals surface area (Å²) in [5.74, 6) is 1.91. The van der Waals surface area contributed by atoms with E-state index in [1.165, 1.54) is 54.2 Å². The Kier molecular flexibility index (Phi) is 7.14. The van der Waals surface area contributed by atoms with E-state index in [1.54, 1.807) is 0 Å². The molecule has 0 bridgehead atoms. The Labute approximate surface area is 301 Å². The second kappa shape index (κ2) is 12.4. The summed E-state index contributed by atoms with van der Waals surface area (Å²) in [7, 11) is 0. The molecule has 0 aliphatic heterocycles. The van der Waals surface area contributed by atoms with Crippen LogP contribution < -0.4 is 0 Å². The van der Waals surface area contributed by atoms with Gasteiger partial charge in [0.15, 0.2) is 17.5 Å². The lowest BCUT2D eigenvalue weighted by atomic mass is 9.91. The normalized spacial score (nSPS) is 11.5. The Morgan fingerprint density at radius 1 is 0.231 bits per heavy atom. The highest BCUT2D eigenvalue weighted by Gasteiger charge is 2.17. The van der Waals surface area contributed by atoms with Crippen LogP contribution in [0.3, 0.4) is 0 Å². The molecule has 0 aliphatic rings. The summed E-state index contributed by atoms with van der Waals surface area (Å²) in [5.41, 5.74) is 7.49. The van der Waals surface area contributed by atoms with E-state index >= 15 is 0 Å². The lowest BCUT2D eigenvalue weighted by Gasteiger charge is -2.14.